The van der Waals surface area contributed by atoms with E-state index in [-0.39, 0.29) is 12.2 Å². The predicted molar refractivity (Wildman–Crippen MR) is 133 cm³/mol. The summed E-state index contributed by atoms with van der Waals surface area (Å²) in [6, 6.07) is 2.81. The molecule has 2 atom stereocenters. The molecular weight excluding hydrogens is 434 g/mol. The second-order valence-corrected chi connectivity index (χ2v) is 10.5. The van der Waals surface area contributed by atoms with Gasteiger partial charge in [-0.3, -0.25) is 14.6 Å². The van der Waals surface area contributed by atoms with E-state index in [2.05, 4.69) is 48.4 Å². The number of aryl methyl sites for hydroxylation is 1. The molecule has 2 unspecified atom stereocenters. The van der Waals surface area contributed by atoms with E-state index in [9.17, 15) is 0 Å². The van der Waals surface area contributed by atoms with Gasteiger partial charge in [-0.1, -0.05) is 0 Å². The third kappa shape index (κ3) is 5.46. The van der Waals surface area contributed by atoms with Crippen LogP contribution in [0.1, 0.15) is 73.1 Å². The van der Waals surface area contributed by atoms with E-state index in [4.69, 9.17) is 19.6 Å². The average Bonchev–Trinajstić information content (AvgIpc) is 3.22. The van der Waals surface area contributed by atoms with Crippen LogP contribution in [0.15, 0.2) is 17.2 Å². The third-order valence-corrected chi connectivity index (χ3v) is 8.30. The highest BCUT2D eigenvalue weighted by molar-refractivity contribution is 7.99. The summed E-state index contributed by atoms with van der Waals surface area (Å²) in [5.41, 5.74) is 6.13. The van der Waals surface area contributed by atoms with E-state index in [1.807, 2.05) is 18.0 Å². The second kappa shape index (κ2) is 10.9. The summed E-state index contributed by atoms with van der Waals surface area (Å²) in [6.45, 7) is 10.5. The molecule has 2 aromatic rings. The van der Waals surface area contributed by atoms with Gasteiger partial charge in [0.05, 0.1) is 35.8 Å². The minimum absolute atomic E-state index is 0.00689. The molecule has 33 heavy (non-hydrogen) atoms. The normalized spacial score (nSPS) is 20.1. The first-order valence-electron chi connectivity index (χ1n) is 12.1. The van der Waals surface area contributed by atoms with Crippen LogP contribution < -0.4 is 0 Å². The van der Waals surface area contributed by atoms with E-state index in [0.717, 1.165) is 57.0 Å². The molecule has 0 bridgehead atoms. The minimum Gasteiger partial charge on any atom is -0.375 e. The Kier molecular flexibility index (Phi) is 8.12. The van der Waals surface area contributed by atoms with Gasteiger partial charge in [0.2, 0.25) is 0 Å². The molecule has 2 aliphatic heterocycles. The predicted octanol–water partition coefficient (Wildman–Crippen LogP) is 4.38. The Balaban J connectivity index is 1.41. The van der Waals surface area contributed by atoms with Crippen molar-refractivity contribution in [3.05, 3.63) is 40.5 Å². The van der Waals surface area contributed by atoms with Crippen LogP contribution in [-0.2, 0) is 22.4 Å². The quantitative estimate of drug-likeness (QED) is 0.528. The van der Waals surface area contributed by atoms with Crippen LogP contribution in [0.5, 0.6) is 0 Å². The number of aromatic nitrogens is 3. The first-order valence-corrected chi connectivity index (χ1v) is 13.1. The molecule has 2 aliphatic rings. The SMILES string of the molecule is COC(C)c1nc2c(cc1SCN1CCC(n3ncc(C)c3C(C)OC)CC1)CN(C)CC2. The average molecular weight is 474 g/mol. The number of ether oxygens (including phenoxy) is 2. The van der Waals surface area contributed by atoms with Crippen LogP contribution in [0.25, 0.3) is 0 Å². The Bertz CT molecular complexity index is 941. The molecule has 0 N–H and O–H groups in total. The number of pyridine rings is 1. The topological polar surface area (TPSA) is 55.6 Å². The summed E-state index contributed by atoms with van der Waals surface area (Å²) in [5.74, 6) is 0.978. The Labute approximate surface area is 202 Å². The monoisotopic (exact) mass is 473 g/mol. The molecule has 4 rings (SSSR count). The fourth-order valence-corrected chi connectivity index (χ4v) is 6.11. The number of likely N-dealkylation sites (N-methyl/N-ethyl adjacent to an activating group) is 1. The maximum absolute atomic E-state index is 5.67. The number of likely N-dealkylation sites (tertiary alicyclic amines) is 1. The second-order valence-electron chi connectivity index (χ2n) is 9.50. The first-order chi connectivity index (χ1) is 15.9. The Morgan fingerprint density at radius 2 is 1.85 bits per heavy atom. The Hall–Kier alpha value is -1.45. The molecule has 8 heteroatoms. The van der Waals surface area contributed by atoms with Gasteiger partial charge >= 0.3 is 0 Å². The third-order valence-electron chi connectivity index (χ3n) is 7.16. The number of fused-ring (bicyclic) bond motifs is 1. The van der Waals surface area contributed by atoms with Crippen LogP contribution in [0.4, 0.5) is 0 Å². The number of methoxy groups -OCH3 is 2. The summed E-state index contributed by atoms with van der Waals surface area (Å²) < 4.78 is 13.5. The lowest BCUT2D eigenvalue weighted by molar-refractivity contribution is 0.104. The lowest BCUT2D eigenvalue weighted by Crippen LogP contribution is -2.35. The van der Waals surface area contributed by atoms with Crippen molar-refractivity contribution in [1.29, 1.82) is 0 Å². The highest BCUT2D eigenvalue weighted by atomic mass is 32.2. The summed E-state index contributed by atoms with van der Waals surface area (Å²) >= 11 is 1.91. The number of thioether (sulfide) groups is 1. The summed E-state index contributed by atoms with van der Waals surface area (Å²) in [5, 5.41) is 4.70. The maximum Gasteiger partial charge on any atom is 0.0974 e. The molecule has 4 heterocycles. The van der Waals surface area contributed by atoms with Crippen molar-refractivity contribution in [1.82, 2.24) is 24.6 Å². The molecule has 0 radical (unpaired) electrons. The van der Waals surface area contributed by atoms with E-state index < -0.39 is 0 Å². The molecule has 1 fully saturated rings. The molecule has 0 amide bonds. The van der Waals surface area contributed by atoms with Crippen LogP contribution >= 0.6 is 11.8 Å². The van der Waals surface area contributed by atoms with E-state index >= 15 is 0 Å². The Morgan fingerprint density at radius 1 is 1.12 bits per heavy atom. The highest BCUT2D eigenvalue weighted by Crippen LogP contribution is 2.34. The Morgan fingerprint density at radius 3 is 2.55 bits per heavy atom. The number of hydrogen-bond donors (Lipinski definition) is 0. The van der Waals surface area contributed by atoms with Crippen LogP contribution in [0.2, 0.25) is 0 Å². The molecule has 2 aromatic heterocycles. The van der Waals surface area contributed by atoms with Gasteiger partial charge in [-0.05, 0) is 57.9 Å². The van der Waals surface area contributed by atoms with Crippen LogP contribution in [-0.4, -0.2) is 71.3 Å². The fourth-order valence-electron chi connectivity index (χ4n) is 4.95. The summed E-state index contributed by atoms with van der Waals surface area (Å²) in [7, 11) is 5.73. The maximum atomic E-state index is 5.67. The van der Waals surface area contributed by atoms with Gasteiger partial charge < -0.3 is 14.4 Å². The molecule has 1 saturated heterocycles. The lowest BCUT2D eigenvalue weighted by atomic mass is 10.0. The van der Waals surface area contributed by atoms with Gasteiger partial charge in [-0.2, -0.15) is 5.10 Å². The van der Waals surface area contributed by atoms with Crippen molar-refractivity contribution in [2.75, 3.05) is 46.8 Å². The number of rotatable bonds is 8. The molecule has 0 saturated carbocycles. The summed E-state index contributed by atoms with van der Waals surface area (Å²) in [6.07, 6.45) is 5.29. The molecule has 0 spiro atoms. The zero-order valence-corrected chi connectivity index (χ0v) is 21.8. The van der Waals surface area contributed by atoms with Gasteiger partial charge in [0.25, 0.3) is 0 Å². The van der Waals surface area contributed by atoms with Crippen molar-refractivity contribution in [2.45, 2.75) is 69.7 Å². The molecule has 7 nitrogen and oxygen atoms in total. The van der Waals surface area contributed by atoms with Crippen molar-refractivity contribution in [2.24, 2.45) is 0 Å². The molecule has 0 aliphatic carbocycles. The van der Waals surface area contributed by atoms with Gasteiger partial charge in [-0.25, -0.2) is 0 Å². The number of nitrogens with zero attached hydrogens (tertiary/aromatic N) is 5. The minimum atomic E-state index is 0.00689. The van der Waals surface area contributed by atoms with Gasteiger partial charge in [0, 0.05) is 63.3 Å². The molecule has 182 valence electrons. The fraction of sp³-hybridized carbons (Fsp3) is 0.680. The van der Waals surface area contributed by atoms with Gasteiger partial charge in [0.1, 0.15) is 0 Å². The van der Waals surface area contributed by atoms with Crippen molar-refractivity contribution in [3.63, 3.8) is 0 Å². The molecule has 0 aromatic carbocycles. The first kappa shape index (κ1) is 24.7. The van der Waals surface area contributed by atoms with Crippen molar-refractivity contribution < 1.29 is 9.47 Å². The van der Waals surface area contributed by atoms with Crippen molar-refractivity contribution in [3.8, 4) is 0 Å². The smallest absolute Gasteiger partial charge is 0.0974 e. The van der Waals surface area contributed by atoms with Crippen molar-refractivity contribution >= 4 is 11.8 Å². The largest absolute Gasteiger partial charge is 0.375 e. The number of hydrogen-bond acceptors (Lipinski definition) is 7. The zero-order valence-electron chi connectivity index (χ0n) is 21.0. The summed E-state index contributed by atoms with van der Waals surface area (Å²) in [4.78, 5) is 11.3. The molecular formula is C25H39N5O2S. The van der Waals surface area contributed by atoms with Crippen LogP contribution in [0, 0.1) is 6.92 Å². The zero-order chi connectivity index (χ0) is 23.5. The highest BCUT2D eigenvalue weighted by Gasteiger charge is 2.26. The van der Waals surface area contributed by atoms with Gasteiger partial charge in [0.15, 0.2) is 0 Å². The van der Waals surface area contributed by atoms with Gasteiger partial charge in [-0.15, -0.1) is 11.8 Å². The van der Waals surface area contributed by atoms with E-state index in [1.54, 1.807) is 14.2 Å². The van der Waals surface area contributed by atoms with Crippen LogP contribution in [0.3, 0.4) is 0 Å². The van der Waals surface area contributed by atoms with E-state index in [1.165, 1.54) is 27.4 Å². The van der Waals surface area contributed by atoms with E-state index in [0.29, 0.717) is 6.04 Å². The number of piperidine rings is 1. The standard InChI is InChI=1S/C25H39N5O2S/c1-17-14-26-30(25(17)19(3)32-6)21-7-11-29(12-8-21)16-33-23-13-20-15-28(4)10-9-22(20)27-24(23)18(2)31-5/h13-14,18-19,21H,7-12,15-16H2,1-6H3. The lowest BCUT2D eigenvalue weighted by Gasteiger charge is -2.33.